The molecular formula is C14H19N3O3. The van der Waals surface area contributed by atoms with Crippen LogP contribution in [0.2, 0.25) is 0 Å². The standard InChI is InChI=1S/C14H19N3O3/c1-8(15)10-7-16-14(17-10)9-5-11(18-2)13(20-4)12(6-9)19-3/h5-8H,15H2,1-4H3,(H,16,17). The maximum atomic E-state index is 5.82. The second-order valence-electron chi connectivity index (χ2n) is 4.39. The normalized spacial score (nSPS) is 12.1. The number of hydrogen-bond donors (Lipinski definition) is 2. The monoisotopic (exact) mass is 277 g/mol. The molecule has 0 aliphatic heterocycles. The first-order valence-electron chi connectivity index (χ1n) is 6.21. The molecule has 0 bridgehead atoms. The Bertz CT molecular complexity index is 568. The fraction of sp³-hybridized carbons (Fsp3) is 0.357. The summed E-state index contributed by atoms with van der Waals surface area (Å²) < 4.78 is 15.9. The second kappa shape index (κ2) is 5.83. The molecule has 1 heterocycles. The van der Waals surface area contributed by atoms with Gasteiger partial charge < -0.3 is 24.9 Å². The first-order valence-corrected chi connectivity index (χ1v) is 6.21. The van der Waals surface area contributed by atoms with E-state index in [2.05, 4.69) is 9.97 Å². The van der Waals surface area contributed by atoms with E-state index >= 15 is 0 Å². The van der Waals surface area contributed by atoms with Crippen molar-refractivity contribution in [1.82, 2.24) is 9.97 Å². The minimum atomic E-state index is -0.0988. The van der Waals surface area contributed by atoms with E-state index in [1.54, 1.807) is 27.5 Å². The third-order valence-electron chi connectivity index (χ3n) is 3.02. The van der Waals surface area contributed by atoms with E-state index in [0.717, 1.165) is 11.3 Å². The zero-order chi connectivity index (χ0) is 14.7. The van der Waals surface area contributed by atoms with Gasteiger partial charge in [0.25, 0.3) is 0 Å². The van der Waals surface area contributed by atoms with E-state index in [-0.39, 0.29) is 6.04 Å². The van der Waals surface area contributed by atoms with Crippen LogP contribution in [0.3, 0.4) is 0 Å². The summed E-state index contributed by atoms with van der Waals surface area (Å²) in [6.45, 7) is 1.90. The number of ether oxygens (including phenoxy) is 3. The molecule has 0 fully saturated rings. The number of aromatic nitrogens is 2. The number of imidazole rings is 1. The van der Waals surface area contributed by atoms with Crippen LogP contribution in [-0.2, 0) is 0 Å². The number of hydrogen-bond acceptors (Lipinski definition) is 5. The van der Waals surface area contributed by atoms with Gasteiger partial charge in [-0.2, -0.15) is 0 Å². The van der Waals surface area contributed by atoms with Crippen LogP contribution >= 0.6 is 0 Å². The largest absolute Gasteiger partial charge is 0.493 e. The quantitative estimate of drug-likeness (QED) is 0.874. The summed E-state index contributed by atoms with van der Waals surface area (Å²) in [5.41, 5.74) is 7.53. The Kier molecular flexibility index (Phi) is 4.14. The van der Waals surface area contributed by atoms with Crippen molar-refractivity contribution in [2.45, 2.75) is 13.0 Å². The van der Waals surface area contributed by atoms with Crippen LogP contribution in [0.15, 0.2) is 18.3 Å². The van der Waals surface area contributed by atoms with Gasteiger partial charge >= 0.3 is 0 Å². The van der Waals surface area contributed by atoms with E-state index in [1.807, 2.05) is 19.1 Å². The SMILES string of the molecule is COc1cc(-c2ncc(C(C)N)[nH]2)cc(OC)c1OC. The van der Waals surface area contributed by atoms with Crippen molar-refractivity contribution in [3.8, 4) is 28.6 Å². The summed E-state index contributed by atoms with van der Waals surface area (Å²) in [6.07, 6.45) is 1.73. The molecular weight excluding hydrogens is 258 g/mol. The number of H-pyrrole nitrogens is 1. The third kappa shape index (κ3) is 2.55. The molecule has 3 N–H and O–H groups in total. The Hall–Kier alpha value is -2.21. The molecule has 1 unspecified atom stereocenters. The molecule has 0 aliphatic carbocycles. The van der Waals surface area contributed by atoms with Crippen LogP contribution in [0.25, 0.3) is 11.4 Å². The van der Waals surface area contributed by atoms with Gasteiger partial charge in [0.2, 0.25) is 5.75 Å². The zero-order valence-corrected chi connectivity index (χ0v) is 12.1. The van der Waals surface area contributed by atoms with E-state index in [0.29, 0.717) is 23.1 Å². The maximum absolute atomic E-state index is 5.82. The Balaban J connectivity index is 2.50. The predicted molar refractivity (Wildman–Crippen MR) is 76.3 cm³/mol. The lowest BCUT2D eigenvalue weighted by atomic mass is 10.1. The molecule has 0 aliphatic rings. The van der Waals surface area contributed by atoms with Gasteiger partial charge in [-0.1, -0.05) is 0 Å². The molecule has 2 aromatic rings. The number of nitrogens with zero attached hydrogens (tertiary/aromatic N) is 1. The Labute approximate surface area is 117 Å². The lowest BCUT2D eigenvalue weighted by molar-refractivity contribution is 0.324. The van der Waals surface area contributed by atoms with Crippen molar-refractivity contribution in [2.24, 2.45) is 5.73 Å². The first kappa shape index (κ1) is 14.2. The molecule has 1 aromatic carbocycles. The first-order chi connectivity index (χ1) is 9.60. The van der Waals surface area contributed by atoms with Gasteiger partial charge in [-0.05, 0) is 19.1 Å². The minimum absolute atomic E-state index is 0.0988. The molecule has 2 rings (SSSR count). The highest BCUT2D eigenvalue weighted by Crippen LogP contribution is 2.40. The number of nitrogens with one attached hydrogen (secondary N) is 1. The van der Waals surface area contributed by atoms with Crippen LogP contribution in [0.4, 0.5) is 0 Å². The van der Waals surface area contributed by atoms with E-state index in [9.17, 15) is 0 Å². The smallest absolute Gasteiger partial charge is 0.203 e. The predicted octanol–water partition coefficient (Wildman–Crippen LogP) is 2.12. The van der Waals surface area contributed by atoms with E-state index in [1.165, 1.54) is 0 Å². The fourth-order valence-electron chi connectivity index (χ4n) is 1.93. The average molecular weight is 277 g/mol. The lowest BCUT2D eigenvalue weighted by Gasteiger charge is -2.13. The zero-order valence-electron chi connectivity index (χ0n) is 12.1. The van der Waals surface area contributed by atoms with Gasteiger partial charge in [0.15, 0.2) is 11.5 Å². The van der Waals surface area contributed by atoms with E-state index in [4.69, 9.17) is 19.9 Å². The van der Waals surface area contributed by atoms with Gasteiger partial charge in [0.1, 0.15) is 5.82 Å². The molecule has 0 saturated carbocycles. The van der Waals surface area contributed by atoms with Crippen LogP contribution in [0.5, 0.6) is 17.2 Å². The molecule has 0 amide bonds. The van der Waals surface area contributed by atoms with E-state index < -0.39 is 0 Å². The Morgan fingerprint density at radius 3 is 2.10 bits per heavy atom. The molecule has 108 valence electrons. The average Bonchev–Trinajstić information content (AvgIpc) is 2.95. The lowest BCUT2D eigenvalue weighted by Crippen LogP contribution is -2.04. The minimum Gasteiger partial charge on any atom is -0.493 e. The van der Waals surface area contributed by atoms with Crippen LogP contribution in [-0.4, -0.2) is 31.3 Å². The van der Waals surface area contributed by atoms with Crippen molar-refractivity contribution in [1.29, 1.82) is 0 Å². The van der Waals surface area contributed by atoms with Crippen LogP contribution in [0.1, 0.15) is 18.7 Å². The van der Waals surface area contributed by atoms with Gasteiger partial charge in [0, 0.05) is 11.6 Å². The van der Waals surface area contributed by atoms with Crippen LogP contribution < -0.4 is 19.9 Å². The van der Waals surface area contributed by atoms with Crippen molar-refractivity contribution >= 4 is 0 Å². The highest BCUT2D eigenvalue weighted by Gasteiger charge is 2.16. The van der Waals surface area contributed by atoms with Crippen molar-refractivity contribution in [3.63, 3.8) is 0 Å². The topological polar surface area (TPSA) is 82.4 Å². The fourth-order valence-corrected chi connectivity index (χ4v) is 1.93. The van der Waals surface area contributed by atoms with Gasteiger partial charge in [0.05, 0.1) is 33.2 Å². The number of nitrogens with two attached hydrogens (primary N) is 1. The summed E-state index contributed by atoms with van der Waals surface area (Å²) in [4.78, 5) is 7.51. The van der Waals surface area contributed by atoms with Gasteiger partial charge in [-0.25, -0.2) is 4.98 Å². The number of rotatable bonds is 5. The molecule has 0 spiro atoms. The summed E-state index contributed by atoms with van der Waals surface area (Å²) in [7, 11) is 4.73. The number of benzene rings is 1. The molecule has 1 aromatic heterocycles. The van der Waals surface area contributed by atoms with Crippen molar-refractivity contribution < 1.29 is 14.2 Å². The van der Waals surface area contributed by atoms with Gasteiger partial charge in [-0.3, -0.25) is 0 Å². The molecule has 0 radical (unpaired) electrons. The van der Waals surface area contributed by atoms with Crippen molar-refractivity contribution in [2.75, 3.05) is 21.3 Å². The highest BCUT2D eigenvalue weighted by molar-refractivity contribution is 5.66. The Morgan fingerprint density at radius 1 is 1.10 bits per heavy atom. The summed E-state index contributed by atoms with van der Waals surface area (Å²) in [6, 6.07) is 3.58. The molecule has 1 atom stereocenters. The number of aromatic amines is 1. The third-order valence-corrected chi connectivity index (χ3v) is 3.02. The molecule has 20 heavy (non-hydrogen) atoms. The highest BCUT2D eigenvalue weighted by atomic mass is 16.5. The second-order valence-corrected chi connectivity index (χ2v) is 4.39. The number of methoxy groups -OCH3 is 3. The summed E-state index contributed by atoms with van der Waals surface area (Å²) >= 11 is 0. The van der Waals surface area contributed by atoms with Crippen molar-refractivity contribution in [3.05, 3.63) is 24.0 Å². The van der Waals surface area contributed by atoms with Crippen LogP contribution in [0, 0.1) is 0 Å². The molecule has 6 nitrogen and oxygen atoms in total. The van der Waals surface area contributed by atoms with Gasteiger partial charge in [-0.15, -0.1) is 0 Å². The molecule has 0 saturated heterocycles. The summed E-state index contributed by atoms with van der Waals surface area (Å²) in [5, 5.41) is 0. The molecule has 6 heteroatoms. The Morgan fingerprint density at radius 2 is 1.70 bits per heavy atom. The maximum Gasteiger partial charge on any atom is 0.203 e. The summed E-state index contributed by atoms with van der Waals surface area (Å²) in [5.74, 6) is 2.43.